The summed E-state index contributed by atoms with van der Waals surface area (Å²) in [5.41, 5.74) is -0.281. The predicted octanol–water partition coefficient (Wildman–Crippen LogP) is 3.10. The minimum Gasteiger partial charge on any atom is -0.270 e. The summed E-state index contributed by atoms with van der Waals surface area (Å²) in [6.07, 6.45) is 0. The summed E-state index contributed by atoms with van der Waals surface area (Å²) in [6, 6.07) is 1.50. The maximum Gasteiger partial charge on any atom is 0.343 e. The van der Waals surface area contributed by atoms with Crippen molar-refractivity contribution in [3.8, 4) is 0 Å². The van der Waals surface area contributed by atoms with Gasteiger partial charge in [0.25, 0.3) is 0 Å². The summed E-state index contributed by atoms with van der Waals surface area (Å²) in [6.45, 7) is 2.33. The van der Waals surface area contributed by atoms with E-state index in [9.17, 15) is 4.79 Å². The van der Waals surface area contributed by atoms with Gasteiger partial charge in [0.1, 0.15) is 10.2 Å². The van der Waals surface area contributed by atoms with Gasteiger partial charge in [-0.3, -0.25) is 4.57 Å². The second kappa shape index (κ2) is 5.52. The zero-order chi connectivity index (χ0) is 13.3. The minimum atomic E-state index is -0.281. The second-order valence-corrected chi connectivity index (χ2v) is 5.33. The quantitative estimate of drug-likeness (QED) is 0.881. The van der Waals surface area contributed by atoms with Crippen LogP contribution in [0.4, 0.5) is 0 Å². The first kappa shape index (κ1) is 13.7. The number of hydrogen-bond donors (Lipinski definition) is 1. The number of nitrogens with zero attached hydrogens (tertiary/aromatic N) is 3. The van der Waals surface area contributed by atoms with Crippen LogP contribution in [0, 0.1) is 0 Å². The van der Waals surface area contributed by atoms with E-state index in [1.54, 1.807) is 0 Å². The molecule has 0 aromatic carbocycles. The summed E-state index contributed by atoms with van der Waals surface area (Å²) in [7, 11) is 0. The number of nitrogens with one attached hydrogen (secondary N) is 1. The molecule has 96 valence electrons. The molecule has 9 heteroatoms. The molecular weight excluding hydrogens is 319 g/mol. The first-order valence-electron chi connectivity index (χ1n) is 4.87. The van der Waals surface area contributed by atoms with Crippen LogP contribution in [0.25, 0.3) is 0 Å². The smallest absolute Gasteiger partial charge is 0.270 e. The van der Waals surface area contributed by atoms with Gasteiger partial charge in [-0.15, -0.1) is 5.10 Å². The molecule has 2 aromatic rings. The Balaban J connectivity index is 2.40. The van der Waals surface area contributed by atoms with Crippen LogP contribution in [-0.4, -0.2) is 19.7 Å². The Hall–Kier alpha value is -0.690. The fraction of sp³-hybridized carbons (Fsp3) is 0.222. The van der Waals surface area contributed by atoms with Crippen molar-refractivity contribution in [3.63, 3.8) is 0 Å². The number of rotatable bonds is 3. The standard InChI is InChI=1S/C9H7Cl3N4OS/c1-2-16-8(17)14-15-9(16)18-7-5(11)3-4(10)6(12)13-7/h3H,2H2,1H3,(H,14,17). The molecule has 0 radical (unpaired) electrons. The number of aromatic nitrogens is 4. The Kier molecular flexibility index (Phi) is 4.21. The first-order valence-corrected chi connectivity index (χ1v) is 6.82. The molecule has 0 saturated carbocycles. The van der Waals surface area contributed by atoms with Gasteiger partial charge >= 0.3 is 5.69 Å². The van der Waals surface area contributed by atoms with Crippen LogP contribution >= 0.6 is 46.6 Å². The second-order valence-electron chi connectivity index (χ2n) is 3.21. The van der Waals surface area contributed by atoms with Crippen molar-refractivity contribution in [1.29, 1.82) is 0 Å². The molecule has 0 fully saturated rings. The SMILES string of the molecule is CCn1c(Sc2nc(Cl)c(Cl)cc2Cl)n[nH]c1=O. The molecule has 2 aromatic heterocycles. The van der Waals surface area contributed by atoms with E-state index in [0.29, 0.717) is 21.7 Å². The molecule has 0 spiro atoms. The molecule has 1 N–H and O–H groups in total. The Morgan fingerprint density at radius 1 is 1.39 bits per heavy atom. The van der Waals surface area contributed by atoms with Crippen molar-refractivity contribution in [2.75, 3.05) is 0 Å². The van der Waals surface area contributed by atoms with Crippen molar-refractivity contribution in [1.82, 2.24) is 19.7 Å². The molecule has 5 nitrogen and oxygen atoms in total. The number of pyridine rings is 1. The molecule has 2 heterocycles. The van der Waals surface area contributed by atoms with E-state index in [1.165, 1.54) is 10.6 Å². The van der Waals surface area contributed by atoms with Crippen LogP contribution in [0.2, 0.25) is 15.2 Å². The molecule has 0 unspecified atom stereocenters. The minimum absolute atomic E-state index is 0.157. The number of hydrogen-bond acceptors (Lipinski definition) is 4. The molecule has 0 aliphatic carbocycles. The topological polar surface area (TPSA) is 63.6 Å². The largest absolute Gasteiger partial charge is 0.343 e. The third-order valence-corrected chi connectivity index (χ3v) is 4.15. The summed E-state index contributed by atoms with van der Waals surface area (Å²) in [4.78, 5) is 15.4. The van der Waals surface area contributed by atoms with Crippen LogP contribution in [-0.2, 0) is 6.54 Å². The van der Waals surface area contributed by atoms with E-state index in [-0.39, 0.29) is 15.9 Å². The normalized spacial score (nSPS) is 10.9. The lowest BCUT2D eigenvalue weighted by Gasteiger charge is -2.04. The molecule has 0 aliphatic rings. The maximum atomic E-state index is 11.4. The summed E-state index contributed by atoms with van der Waals surface area (Å²) in [5, 5.41) is 7.95. The Bertz CT molecular complexity index is 639. The van der Waals surface area contributed by atoms with E-state index in [1.807, 2.05) is 6.92 Å². The van der Waals surface area contributed by atoms with Gasteiger partial charge in [-0.1, -0.05) is 34.8 Å². The summed E-state index contributed by atoms with van der Waals surface area (Å²) >= 11 is 18.8. The van der Waals surface area contributed by atoms with Gasteiger partial charge in [0.15, 0.2) is 5.16 Å². The first-order chi connectivity index (χ1) is 8.52. The average molecular weight is 326 g/mol. The lowest BCUT2D eigenvalue weighted by Crippen LogP contribution is -2.16. The van der Waals surface area contributed by atoms with Crippen molar-refractivity contribution in [3.05, 3.63) is 31.7 Å². The fourth-order valence-corrected chi connectivity index (χ4v) is 2.79. The van der Waals surface area contributed by atoms with Gasteiger partial charge in [0.2, 0.25) is 0 Å². The van der Waals surface area contributed by atoms with Crippen molar-refractivity contribution < 1.29 is 0 Å². The van der Waals surface area contributed by atoms with Crippen LogP contribution in [0.15, 0.2) is 21.0 Å². The van der Waals surface area contributed by atoms with Gasteiger partial charge in [-0.05, 0) is 24.8 Å². The van der Waals surface area contributed by atoms with Crippen molar-refractivity contribution >= 4 is 46.6 Å². The van der Waals surface area contributed by atoms with E-state index in [2.05, 4.69) is 15.2 Å². The lowest BCUT2D eigenvalue weighted by atomic mass is 10.5. The number of H-pyrrole nitrogens is 1. The van der Waals surface area contributed by atoms with Crippen molar-refractivity contribution in [2.45, 2.75) is 23.7 Å². The van der Waals surface area contributed by atoms with E-state index >= 15 is 0 Å². The fourth-order valence-electron chi connectivity index (χ4n) is 1.25. The third kappa shape index (κ3) is 2.66. The van der Waals surface area contributed by atoms with Crippen LogP contribution in [0.3, 0.4) is 0 Å². The third-order valence-electron chi connectivity index (χ3n) is 2.08. The molecule has 0 atom stereocenters. The molecule has 0 saturated heterocycles. The molecule has 0 aliphatic heterocycles. The highest BCUT2D eigenvalue weighted by atomic mass is 35.5. The summed E-state index contributed by atoms with van der Waals surface area (Å²) < 4.78 is 1.46. The maximum absolute atomic E-state index is 11.4. The van der Waals surface area contributed by atoms with Gasteiger partial charge in [0, 0.05) is 6.54 Å². The number of halogens is 3. The van der Waals surface area contributed by atoms with Gasteiger partial charge in [-0.25, -0.2) is 14.9 Å². The van der Waals surface area contributed by atoms with E-state index in [4.69, 9.17) is 34.8 Å². The highest BCUT2D eigenvalue weighted by Gasteiger charge is 2.14. The van der Waals surface area contributed by atoms with Crippen LogP contribution < -0.4 is 5.69 Å². The Labute approximate surface area is 121 Å². The molecular formula is C9H7Cl3N4OS. The Morgan fingerprint density at radius 2 is 2.11 bits per heavy atom. The zero-order valence-corrected chi connectivity index (χ0v) is 12.2. The van der Waals surface area contributed by atoms with Crippen molar-refractivity contribution in [2.24, 2.45) is 0 Å². The Morgan fingerprint density at radius 3 is 2.78 bits per heavy atom. The average Bonchev–Trinajstić information content (AvgIpc) is 2.67. The highest BCUT2D eigenvalue weighted by molar-refractivity contribution is 7.99. The monoisotopic (exact) mass is 324 g/mol. The zero-order valence-electron chi connectivity index (χ0n) is 9.08. The highest BCUT2D eigenvalue weighted by Crippen LogP contribution is 2.34. The predicted molar refractivity (Wildman–Crippen MR) is 71.9 cm³/mol. The molecule has 18 heavy (non-hydrogen) atoms. The van der Waals surface area contributed by atoms with E-state index in [0.717, 1.165) is 11.8 Å². The van der Waals surface area contributed by atoms with Crippen LogP contribution in [0.1, 0.15) is 6.92 Å². The van der Waals surface area contributed by atoms with Crippen LogP contribution in [0.5, 0.6) is 0 Å². The van der Waals surface area contributed by atoms with Gasteiger partial charge in [0.05, 0.1) is 10.0 Å². The molecule has 0 bridgehead atoms. The van der Waals surface area contributed by atoms with E-state index < -0.39 is 0 Å². The van der Waals surface area contributed by atoms with Gasteiger partial charge < -0.3 is 0 Å². The van der Waals surface area contributed by atoms with Gasteiger partial charge in [-0.2, -0.15) is 0 Å². The summed E-state index contributed by atoms with van der Waals surface area (Å²) in [5.74, 6) is 0. The molecule has 2 rings (SSSR count). The lowest BCUT2D eigenvalue weighted by molar-refractivity contribution is 0.660. The molecule has 0 amide bonds. The number of aromatic amines is 1.